The van der Waals surface area contributed by atoms with Crippen molar-refractivity contribution in [1.29, 1.82) is 0 Å². The molecule has 4 N–H and O–H groups in total. The Morgan fingerprint density at radius 2 is 1.57 bits per heavy atom. The molecule has 16 heteroatoms. The molecule has 0 bridgehead atoms. The third-order valence-electron chi connectivity index (χ3n) is 12.3. The Morgan fingerprint density at radius 3 is 2.26 bits per heavy atom. The number of aromatic nitrogens is 4. The molecule has 3 aromatic carbocycles. The van der Waals surface area contributed by atoms with E-state index in [1.807, 2.05) is 38.7 Å². The number of nitrogens with one attached hydrogen (secondary N) is 4. The first-order valence-electron chi connectivity index (χ1n) is 21.0. The SMILES string of the molecule is COC[C@H]1C[C@H](c2nc3c(ccc4cc5c(cc43)OCc3cc(-c4cnc([C@@H]6CCCN6C(=O)[C@@H](NC(=O)OC)C(C)C)[nH]4)ccc3-5)[nH]2)N(C(=O)C(NC(=O)OC)C(C)C)C1. The van der Waals surface area contributed by atoms with Crippen LogP contribution in [-0.2, 0) is 30.4 Å². The van der Waals surface area contributed by atoms with Crippen LogP contribution in [0.3, 0.4) is 0 Å². The molecule has 5 aromatic rings. The first-order valence-corrected chi connectivity index (χ1v) is 21.0. The summed E-state index contributed by atoms with van der Waals surface area (Å²) in [7, 11) is 4.23. The number of carbonyl (C=O) groups is 4. The molecule has 3 aliphatic rings. The number of carbonyl (C=O) groups excluding carboxylic acids is 4. The van der Waals surface area contributed by atoms with Crippen LogP contribution in [0.15, 0.2) is 48.7 Å². The second kappa shape index (κ2) is 17.1. The number of hydrogen-bond acceptors (Lipinski definition) is 10. The number of likely N-dealkylation sites (tertiary alicyclic amines) is 2. The Hall–Kier alpha value is -6.16. The van der Waals surface area contributed by atoms with Crippen LogP contribution in [0.4, 0.5) is 9.59 Å². The highest BCUT2D eigenvalue weighted by atomic mass is 16.5. The topological polar surface area (TPSA) is 193 Å². The molecule has 322 valence electrons. The maximum atomic E-state index is 14.1. The molecule has 2 aromatic heterocycles. The predicted octanol–water partition coefficient (Wildman–Crippen LogP) is 6.63. The molecule has 0 aliphatic carbocycles. The van der Waals surface area contributed by atoms with E-state index in [1.165, 1.54) is 14.2 Å². The van der Waals surface area contributed by atoms with E-state index in [0.717, 1.165) is 68.3 Å². The lowest BCUT2D eigenvalue weighted by molar-refractivity contribution is -0.136. The van der Waals surface area contributed by atoms with Crippen molar-refractivity contribution < 1.29 is 38.1 Å². The zero-order valence-electron chi connectivity index (χ0n) is 35.7. The maximum Gasteiger partial charge on any atom is 0.407 e. The third-order valence-corrected chi connectivity index (χ3v) is 12.3. The van der Waals surface area contributed by atoms with Crippen molar-refractivity contribution >= 4 is 45.8 Å². The van der Waals surface area contributed by atoms with Crippen LogP contribution in [0, 0.1) is 17.8 Å². The quantitative estimate of drug-likeness (QED) is 0.112. The smallest absolute Gasteiger partial charge is 0.407 e. The number of methoxy groups -OCH3 is 3. The van der Waals surface area contributed by atoms with E-state index in [-0.39, 0.29) is 41.7 Å². The highest BCUT2D eigenvalue weighted by molar-refractivity contribution is 6.07. The van der Waals surface area contributed by atoms with Gasteiger partial charge in [-0.3, -0.25) is 9.59 Å². The normalized spacial score (nSPS) is 19.5. The fourth-order valence-corrected chi connectivity index (χ4v) is 9.14. The monoisotopic (exact) mass is 834 g/mol. The highest BCUT2D eigenvalue weighted by Gasteiger charge is 2.42. The minimum atomic E-state index is -0.761. The summed E-state index contributed by atoms with van der Waals surface area (Å²) in [6, 6.07) is 12.5. The molecule has 2 saturated heterocycles. The average Bonchev–Trinajstić information content (AvgIpc) is 4.09. The minimum absolute atomic E-state index is 0.0975. The number of hydrogen-bond donors (Lipinski definition) is 4. The first kappa shape index (κ1) is 41.6. The van der Waals surface area contributed by atoms with Gasteiger partial charge in [-0.1, -0.05) is 45.9 Å². The summed E-state index contributed by atoms with van der Waals surface area (Å²) in [5, 5.41) is 7.37. The van der Waals surface area contributed by atoms with Gasteiger partial charge in [-0.15, -0.1) is 0 Å². The van der Waals surface area contributed by atoms with Crippen molar-refractivity contribution in [2.24, 2.45) is 17.8 Å². The number of benzene rings is 3. The second-order valence-electron chi connectivity index (χ2n) is 17.0. The van der Waals surface area contributed by atoms with E-state index < -0.39 is 24.3 Å². The maximum absolute atomic E-state index is 14.1. The number of imidazole rings is 2. The number of rotatable bonds is 11. The second-order valence-corrected chi connectivity index (χ2v) is 17.0. The van der Waals surface area contributed by atoms with Crippen LogP contribution < -0.4 is 15.4 Å². The van der Waals surface area contributed by atoms with Crippen LogP contribution in [0.25, 0.3) is 44.2 Å². The van der Waals surface area contributed by atoms with Gasteiger partial charge in [0.1, 0.15) is 36.1 Å². The van der Waals surface area contributed by atoms with Gasteiger partial charge in [-0.05, 0) is 77.4 Å². The summed E-state index contributed by atoms with van der Waals surface area (Å²) in [5.41, 5.74) is 6.51. The minimum Gasteiger partial charge on any atom is -0.488 e. The standard InChI is InChI=1S/C45H54N8O8/c1-23(2)37(50-44(56)59-6)42(54)52-14-8-9-34(52)40-46-19-33(48-40)27-10-12-29-28(16-27)22-61-36-18-30-26(17-31(29)36)11-13-32-39(30)49-41(47-32)35-15-25(21-58-5)20-53(35)43(55)38(24(3)4)51-45(57)60-7/h10-13,16-19,23-25,34-35,37-38H,8-9,14-15,20-22H2,1-7H3,(H,46,48)(H,47,49)(H,50,56)(H,51,57)/t25-,34-,35+,37-,38?/m0/s1. The van der Waals surface area contributed by atoms with Crippen molar-refractivity contribution in [3.8, 4) is 28.1 Å². The van der Waals surface area contributed by atoms with Gasteiger partial charge in [0.2, 0.25) is 11.8 Å². The lowest BCUT2D eigenvalue weighted by Crippen LogP contribution is -2.51. The number of alkyl carbamates (subject to hydrolysis) is 2. The highest BCUT2D eigenvalue weighted by Crippen LogP contribution is 2.44. The molecule has 8 rings (SSSR count). The summed E-state index contributed by atoms with van der Waals surface area (Å²) < 4.78 is 21.5. The molecular formula is C45H54N8O8. The molecule has 5 atom stereocenters. The van der Waals surface area contributed by atoms with E-state index in [4.69, 9.17) is 28.9 Å². The molecule has 3 aliphatic heterocycles. The zero-order chi connectivity index (χ0) is 43.1. The number of fused-ring (bicyclic) bond motifs is 6. The van der Waals surface area contributed by atoms with E-state index in [9.17, 15) is 19.2 Å². The molecule has 2 fully saturated rings. The zero-order valence-corrected chi connectivity index (χ0v) is 35.7. The van der Waals surface area contributed by atoms with E-state index in [0.29, 0.717) is 44.4 Å². The Bertz CT molecular complexity index is 2480. The van der Waals surface area contributed by atoms with E-state index in [1.54, 1.807) is 18.2 Å². The number of nitrogens with zero attached hydrogens (tertiary/aromatic N) is 4. The van der Waals surface area contributed by atoms with Crippen molar-refractivity contribution in [1.82, 2.24) is 40.4 Å². The van der Waals surface area contributed by atoms with Crippen LogP contribution in [0.5, 0.6) is 5.75 Å². The van der Waals surface area contributed by atoms with Crippen molar-refractivity contribution in [3.63, 3.8) is 0 Å². The van der Waals surface area contributed by atoms with Gasteiger partial charge < -0.3 is 49.3 Å². The fourth-order valence-electron chi connectivity index (χ4n) is 9.14. The molecular weight excluding hydrogens is 781 g/mol. The predicted molar refractivity (Wildman–Crippen MR) is 227 cm³/mol. The Balaban J connectivity index is 1.05. The number of amides is 4. The molecule has 0 spiro atoms. The van der Waals surface area contributed by atoms with Gasteiger partial charge >= 0.3 is 12.2 Å². The van der Waals surface area contributed by atoms with Gasteiger partial charge in [-0.2, -0.15) is 0 Å². The third kappa shape index (κ3) is 7.96. The Kier molecular flexibility index (Phi) is 11.6. The largest absolute Gasteiger partial charge is 0.488 e. The van der Waals surface area contributed by atoms with Crippen molar-refractivity contribution in [3.05, 3.63) is 65.9 Å². The molecule has 0 saturated carbocycles. The average molecular weight is 835 g/mol. The van der Waals surface area contributed by atoms with Gasteiger partial charge in [0.15, 0.2) is 0 Å². The number of aromatic amines is 2. The lowest BCUT2D eigenvalue weighted by atomic mass is 9.92. The van der Waals surface area contributed by atoms with Gasteiger partial charge in [0.25, 0.3) is 0 Å². The van der Waals surface area contributed by atoms with Gasteiger partial charge in [0, 0.05) is 37.1 Å². The van der Waals surface area contributed by atoms with Crippen LogP contribution in [0.1, 0.15) is 76.3 Å². The number of ether oxygens (including phenoxy) is 4. The summed E-state index contributed by atoms with van der Waals surface area (Å²) in [6.07, 6.45) is 2.77. The lowest BCUT2D eigenvalue weighted by Gasteiger charge is -2.30. The number of H-pyrrole nitrogens is 2. The van der Waals surface area contributed by atoms with Crippen LogP contribution in [0.2, 0.25) is 0 Å². The van der Waals surface area contributed by atoms with Crippen LogP contribution >= 0.6 is 0 Å². The van der Waals surface area contributed by atoms with E-state index in [2.05, 4.69) is 57.0 Å². The van der Waals surface area contributed by atoms with Crippen molar-refractivity contribution in [2.45, 2.75) is 77.7 Å². The molecule has 4 amide bonds. The fraction of sp³-hybridized carbons (Fsp3) is 0.467. The summed E-state index contributed by atoms with van der Waals surface area (Å²) >= 11 is 0. The summed E-state index contributed by atoms with van der Waals surface area (Å²) in [6.45, 7) is 9.51. The molecule has 5 heterocycles. The summed E-state index contributed by atoms with van der Waals surface area (Å²) in [4.78, 5) is 72.4. The Morgan fingerprint density at radius 1 is 0.852 bits per heavy atom. The Labute approximate surface area is 354 Å². The van der Waals surface area contributed by atoms with Gasteiger partial charge in [-0.25, -0.2) is 19.6 Å². The molecule has 16 nitrogen and oxygen atoms in total. The van der Waals surface area contributed by atoms with Crippen LogP contribution in [-0.4, -0.2) is 107 Å². The molecule has 1 unspecified atom stereocenters. The molecule has 61 heavy (non-hydrogen) atoms. The van der Waals surface area contributed by atoms with Gasteiger partial charge in [0.05, 0.1) is 55.8 Å². The molecule has 0 radical (unpaired) electrons. The summed E-state index contributed by atoms with van der Waals surface area (Å²) in [5.74, 6) is 1.61. The van der Waals surface area contributed by atoms with Crippen molar-refractivity contribution in [2.75, 3.05) is 41.0 Å². The van der Waals surface area contributed by atoms with E-state index >= 15 is 0 Å². The first-order chi connectivity index (χ1) is 29.4.